The first-order chi connectivity index (χ1) is 5.58. The van der Waals surface area contributed by atoms with Crippen molar-refractivity contribution in [3.63, 3.8) is 0 Å². The van der Waals surface area contributed by atoms with Gasteiger partial charge in [0.25, 0.3) is 10.1 Å². The molecule has 0 aromatic carbocycles. The summed E-state index contributed by atoms with van der Waals surface area (Å²) in [4.78, 5) is 1.81. The maximum Gasteiger partial charge on any atom is 0.264 e. The minimum atomic E-state index is -3.80. The van der Waals surface area contributed by atoms with Crippen molar-refractivity contribution >= 4 is 10.1 Å². The van der Waals surface area contributed by atoms with E-state index in [2.05, 4.69) is 5.32 Å². The molecule has 0 aliphatic carbocycles. The van der Waals surface area contributed by atoms with Crippen LogP contribution < -0.4 is 5.32 Å². The predicted octanol–water partition coefficient (Wildman–Crippen LogP) is -0.388. The Balaban J connectivity index is 2.09. The van der Waals surface area contributed by atoms with Gasteiger partial charge in [-0.1, -0.05) is 0 Å². The second-order valence-electron chi connectivity index (χ2n) is 2.49. The Morgan fingerprint density at radius 3 is 2.75 bits per heavy atom. The normalized spacial score (nSPS) is 20.1. The molecule has 1 heterocycles. The zero-order valence-corrected chi connectivity index (χ0v) is 7.29. The molecule has 5 nitrogen and oxygen atoms in total. The Hall–Kier alpha value is -0.170. The molecule has 0 amide bonds. The Morgan fingerprint density at radius 1 is 1.50 bits per heavy atom. The fourth-order valence-corrected chi connectivity index (χ4v) is 1.38. The van der Waals surface area contributed by atoms with Crippen LogP contribution in [0.15, 0.2) is 0 Å². The maximum atomic E-state index is 10.3. The van der Waals surface area contributed by atoms with E-state index in [0.717, 1.165) is 0 Å². The van der Waals surface area contributed by atoms with Crippen LogP contribution in [0.5, 0.6) is 0 Å². The van der Waals surface area contributed by atoms with Crippen LogP contribution in [0.25, 0.3) is 0 Å². The first-order valence-corrected chi connectivity index (χ1v) is 5.16. The summed E-state index contributed by atoms with van der Waals surface area (Å²) in [6.07, 6.45) is 0.418. The molecule has 6 heteroatoms. The van der Waals surface area contributed by atoms with Gasteiger partial charge in [0.2, 0.25) is 0 Å². The van der Waals surface area contributed by atoms with E-state index in [0.29, 0.717) is 13.0 Å². The van der Waals surface area contributed by atoms with Crippen molar-refractivity contribution in [1.29, 1.82) is 0 Å². The quantitative estimate of drug-likeness (QED) is 0.592. The highest BCUT2D eigenvalue weighted by Crippen LogP contribution is 2.05. The summed E-state index contributed by atoms with van der Waals surface area (Å²) in [6, 6.07) is 0. The first kappa shape index (κ1) is 9.91. The average Bonchev–Trinajstić information content (AvgIpc) is 2.36. The fraction of sp³-hybridized carbons (Fsp3) is 0.500. The molecule has 1 aliphatic rings. The number of nitrogens with zero attached hydrogens (tertiary/aromatic N) is 1. The summed E-state index contributed by atoms with van der Waals surface area (Å²) < 4.78 is 29.0. The van der Waals surface area contributed by atoms with E-state index < -0.39 is 10.1 Å². The standard InChI is InChI=1S/C6H11N2O3S/c9-12(10,11)5-1-3-8-4-2-7-6-8/h2,4,6-7H,1,3,5H2,(H,9,10,11). The van der Waals surface area contributed by atoms with Gasteiger partial charge in [0.1, 0.15) is 0 Å². The van der Waals surface area contributed by atoms with Crippen LogP contribution in [-0.4, -0.2) is 30.2 Å². The van der Waals surface area contributed by atoms with Crippen molar-refractivity contribution < 1.29 is 13.0 Å². The van der Waals surface area contributed by atoms with Crippen molar-refractivity contribution in [1.82, 2.24) is 10.2 Å². The summed E-state index contributed by atoms with van der Waals surface area (Å²) in [7, 11) is -3.80. The molecule has 1 rings (SSSR count). The average molecular weight is 191 g/mol. The van der Waals surface area contributed by atoms with Gasteiger partial charge in [-0.25, -0.2) is 0 Å². The Morgan fingerprint density at radius 2 is 2.25 bits per heavy atom. The highest BCUT2D eigenvalue weighted by molar-refractivity contribution is 7.85. The third-order valence-corrected chi connectivity index (χ3v) is 2.23. The van der Waals surface area contributed by atoms with E-state index in [1.807, 2.05) is 4.90 Å². The van der Waals surface area contributed by atoms with Gasteiger partial charge >= 0.3 is 0 Å². The minimum absolute atomic E-state index is 0.189. The van der Waals surface area contributed by atoms with Crippen LogP contribution in [0.4, 0.5) is 0 Å². The lowest BCUT2D eigenvalue weighted by molar-refractivity contribution is 0.428. The molecule has 69 valence electrons. The van der Waals surface area contributed by atoms with Crippen molar-refractivity contribution in [3.05, 3.63) is 19.8 Å². The van der Waals surface area contributed by atoms with E-state index in [9.17, 15) is 8.42 Å². The smallest absolute Gasteiger partial charge is 0.264 e. The van der Waals surface area contributed by atoms with Gasteiger partial charge in [0.05, 0.1) is 12.4 Å². The van der Waals surface area contributed by atoms with Crippen molar-refractivity contribution in [2.45, 2.75) is 6.42 Å². The lowest BCUT2D eigenvalue weighted by Crippen LogP contribution is -2.18. The zero-order chi connectivity index (χ0) is 9.03. The summed E-state index contributed by atoms with van der Waals surface area (Å²) in [5.41, 5.74) is 0. The van der Waals surface area contributed by atoms with Gasteiger partial charge < -0.3 is 0 Å². The topological polar surface area (TPSA) is 69.6 Å². The molecule has 1 aliphatic heterocycles. The number of hydrogen-bond acceptors (Lipinski definition) is 4. The second-order valence-corrected chi connectivity index (χ2v) is 4.06. The third kappa shape index (κ3) is 4.01. The van der Waals surface area contributed by atoms with E-state index in [1.54, 1.807) is 19.8 Å². The van der Waals surface area contributed by atoms with Gasteiger partial charge in [-0.15, -0.1) is 0 Å². The molecule has 0 aromatic rings. The molecule has 0 bridgehead atoms. The van der Waals surface area contributed by atoms with Crippen LogP contribution in [0.1, 0.15) is 6.42 Å². The lowest BCUT2D eigenvalue weighted by Gasteiger charge is -2.10. The van der Waals surface area contributed by atoms with Crippen LogP contribution in [0.3, 0.4) is 0 Å². The first-order valence-electron chi connectivity index (χ1n) is 3.55. The van der Waals surface area contributed by atoms with Gasteiger partial charge in [-0.05, 0) is 6.42 Å². The molecular formula is C6H11N2O3S. The van der Waals surface area contributed by atoms with Gasteiger partial charge in [0, 0.05) is 19.6 Å². The van der Waals surface area contributed by atoms with Gasteiger partial charge in [-0.3, -0.25) is 14.8 Å². The van der Waals surface area contributed by atoms with Crippen LogP contribution in [-0.2, 0) is 10.1 Å². The lowest BCUT2D eigenvalue weighted by atomic mass is 10.4. The number of hydrogen-bond donors (Lipinski definition) is 2. The molecule has 1 saturated heterocycles. The monoisotopic (exact) mass is 191 g/mol. The predicted molar refractivity (Wildman–Crippen MR) is 43.8 cm³/mol. The summed E-state index contributed by atoms with van der Waals surface area (Å²) in [6.45, 7) is 5.85. The van der Waals surface area contributed by atoms with E-state index in [-0.39, 0.29) is 5.75 Å². The SMILES string of the molecule is O=S(=O)(O)CCCN1[CH][CH]N[CH]1. The minimum Gasteiger partial charge on any atom is -0.293 e. The van der Waals surface area contributed by atoms with Crippen molar-refractivity contribution in [2.75, 3.05) is 12.3 Å². The summed E-state index contributed by atoms with van der Waals surface area (Å²) in [5.74, 6) is -0.189. The molecule has 1 fully saturated rings. The molecule has 12 heavy (non-hydrogen) atoms. The highest BCUT2D eigenvalue weighted by atomic mass is 32.2. The van der Waals surface area contributed by atoms with Gasteiger partial charge in [-0.2, -0.15) is 8.42 Å². The van der Waals surface area contributed by atoms with Crippen LogP contribution in [0.2, 0.25) is 0 Å². The molecular weight excluding hydrogens is 180 g/mol. The second kappa shape index (κ2) is 4.18. The van der Waals surface area contributed by atoms with Gasteiger partial charge in [0.15, 0.2) is 0 Å². The molecule has 0 saturated carbocycles. The third-order valence-electron chi connectivity index (χ3n) is 1.42. The molecule has 2 N–H and O–H groups in total. The number of rotatable bonds is 4. The van der Waals surface area contributed by atoms with Crippen LogP contribution >= 0.6 is 0 Å². The summed E-state index contributed by atoms with van der Waals surface area (Å²) in [5, 5.41) is 2.83. The summed E-state index contributed by atoms with van der Waals surface area (Å²) >= 11 is 0. The Bertz CT molecular complexity index is 221. The zero-order valence-electron chi connectivity index (χ0n) is 6.47. The maximum absolute atomic E-state index is 10.3. The number of nitrogens with one attached hydrogen (secondary N) is 1. The molecule has 0 aromatic heterocycles. The fourth-order valence-electron chi connectivity index (χ4n) is 0.889. The van der Waals surface area contributed by atoms with E-state index >= 15 is 0 Å². The Kier molecular flexibility index (Phi) is 3.45. The van der Waals surface area contributed by atoms with Crippen LogP contribution in [0, 0.1) is 19.8 Å². The molecule has 3 radical (unpaired) electrons. The van der Waals surface area contributed by atoms with Crippen molar-refractivity contribution in [2.24, 2.45) is 0 Å². The largest absolute Gasteiger partial charge is 0.293 e. The van der Waals surface area contributed by atoms with E-state index in [1.165, 1.54) is 0 Å². The molecule has 0 spiro atoms. The van der Waals surface area contributed by atoms with E-state index in [4.69, 9.17) is 4.55 Å². The highest BCUT2D eigenvalue weighted by Gasteiger charge is 2.13. The van der Waals surface area contributed by atoms with Crippen molar-refractivity contribution in [3.8, 4) is 0 Å². The molecule has 0 atom stereocenters. The molecule has 0 unspecified atom stereocenters. The Labute approximate surface area is 72.5 Å².